The van der Waals surface area contributed by atoms with Gasteiger partial charge in [-0.1, -0.05) is 56.7 Å². The van der Waals surface area contributed by atoms with Crippen LogP contribution in [0.5, 0.6) is 5.75 Å². The summed E-state index contributed by atoms with van der Waals surface area (Å²) in [5, 5.41) is 0. The molecular weight excluding hydrogens is 361 g/mol. The van der Waals surface area contributed by atoms with Crippen molar-refractivity contribution in [3.05, 3.63) is 88.7 Å². The lowest BCUT2D eigenvalue weighted by Crippen LogP contribution is -1.98. The lowest BCUT2D eigenvalue weighted by Gasteiger charge is -2.10. The Labute approximate surface area is 163 Å². The molecule has 3 rings (SSSR count). The normalized spacial score (nSPS) is 10.9. The molecule has 1 nitrogen and oxygen atoms in total. The molecule has 4 heteroatoms. The first kappa shape index (κ1) is 20.0. The topological polar surface area (TPSA) is 9.23 Å². The first-order valence-electron chi connectivity index (χ1n) is 9.50. The largest absolute Gasteiger partial charge is 0.489 e. The van der Waals surface area contributed by atoms with Crippen LogP contribution in [0.25, 0.3) is 11.1 Å². The Bertz CT molecular complexity index is 949. The van der Waals surface area contributed by atoms with Gasteiger partial charge in [-0.15, -0.1) is 0 Å². The van der Waals surface area contributed by atoms with E-state index in [0.29, 0.717) is 35.3 Å². The third kappa shape index (κ3) is 4.38. The van der Waals surface area contributed by atoms with Crippen LogP contribution in [0.3, 0.4) is 0 Å². The molecule has 0 atom stereocenters. The van der Waals surface area contributed by atoms with Crippen LogP contribution in [0.4, 0.5) is 13.2 Å². The Morgan fingerprint density at radius 1 is 0.786 bits per heavy atom. The molecule has 0 spiro atoms. The molecule has 0 amide bonds. The lowest BCUT2D eigenvalue weighted by atomic mass is 10.0. The van der Waals surface area contributed by atoms with E-state index in [0.717, 1.165) is 12.0 Å². The highest BCUT2D eigenvalue weighted by Gasteiger charge is 2.14. The smallest absolute Gasteiger partial charge is 0.166 e. The molecule has 0 saturated carbocycles. The molecular formula is C24H23F3O. The standard InChI is InChI=1S/C24H23F3O/c1-3-5-19-10-13-21(24(27)23(19)26)18-8-11-20(12-9-18)28-15-16-6-7-17(4-2)22(25)14-16/h6-14H,3-5,15H2,1-2H3. The predicted molar refractivity (Wildman–Crippen MR) is 106 cm³/mol. The fourth-order valence-electron chi connectivity index (χ4n) is 3.14. The van der Waals surface area contributed by atoms with Crippen LogP contribution in [-0.2, 0) is 19.4 Å². The van der Waals surface area contributed by atoms with Crippen molar-refractivity contribution >= 4 is 0 Å². The van der Waals surface area contributed by atoms with Gasteiger partial charge in [-0.2, -0.15) is 0 Å². The van der Waals surface area contributed by atoms with Crippen LogP contribution in [0.1, 0.15) is 37.0 Å². The number of hydrogen-bond donors (Lipinski definition) is 0. The summed E-state index contributed by atoms with van der Waals surface area (Å²) in [6, 6.07) is 15.1. The van der Waals surface area contributed by atoms with E-state index < -0.39 is 11.6 Å². The average Bonchev–Trinajstić information content (AvgIpc) is 2.71. The first-order valence-corrected chi connectivity index (χ1v) is 9.50. The van der Waals surface area contributed by atoms with Gasteiger partial charge in [0.2, 0.25) is 0 Å². The Morgan fingerprint density at radius 3 is 2.14 bits per heavy atom. The summed E-state index contributed by atoms with van der Waals surface area (Å²) in [5.74, 6) is -1.27. The van der Waals surface area contributed by atoms with Gasteiger partial charge in [0, 0.05) is 5.56 Å². The maximum absolute atomic E-state index is 14.4. The summed E-state index contributed by atoms with van der Waals surface area (Å²) in [4.78, 5) is 0. The monoisotopic (exact) mass is 384 g/mol. The number of benzene rings is 3. The van der Waals surface area contributed by atoms with Crippen molar-refractivity contribution in [2.75, 3.05) is 0 Å². The highest BCUT2D eigenvalue weighted by molar-refractivity contribution is 5.65. The van der Waals surface area contributed by atoms with Crippen molar-refractivity contribution in [3.8, 4) is 16.9 Å². The number of hydrogen-bond acceptors (Lipinski definition) is 1. The Kier molecular flexibility index (Phi) is 6.40. The number of rotatable bonds is 7. The number of ether oxygens (including phenoxy) is 1. The van der Waals surface area contributed by atoms with Crippen molar-refractivity contribution in [2.45, 2.75) is 39.7 Å². The molecule has 3 aromatic rings. The van der Waals surface area contributed by atoms with Crippen molar-refractivity contribution < 1.29 is 17.9 Å². The highest BCUT2D eigenvalue weighted by Crippen LogP contribution is 2.28. The Balaban J connectivity index is 1.72. The summed E-state index contributed by atoms with van der Waals surface area (Å²) in [6.07, 6.45) is 1.91. The second-order valence-electron chi connectivity index (χ2n) is 6.74. The molecule has 0 aromatic heterocycles. The molecule has 0 N–H and O–H groups in total. The van der Waals surface area contributed by atoms with Gasteiger partial charge in [-0.05, 0) is 53.3 Å². The van der Waals surface area contributed by atoms with E-state index >= 15 is 0 Å². The van der Waals surface area contributed by atoms with Gasteiger partial charge >= 0.3 is 0 Å². The maximum Gasteiger partial charge on any atom is 0.166 e. The van der Waals surface area contributed by atoms with E-state index in [1.807, 2.05) is 19.9 Å². The van der Waals surface area contributed by atoms with Gasteiger partial charge in [0.05, 0.1) is 0 Å². The highest BCUT2D eigenvalue weighted by atomic mass is 19.2. The van der Waals surface area contributed by atoms with Gasteiger partial charge in [0.15, 0.2) is 11.6 Å². The quantitative estimate of drug-likeness (QED) is 0.432. The van der Waals surface area contributed by atoms with Crippen LogP contribution in [-0.4, -0.2) is 0 Å². The molecule has 0 fully saturated rings. The minimum atomic E-state index is -0.828. The molecule has 0 aliphatic carbocycles. The van der Waals surface area contributed by atoms with Gasteiger partial charge in [-0.3, -0.25) is 0 Å². The minimum Gasteiger partial charge on any atom is -0.489 e. The zero-order chi connectivity index (χ0) is 20.1. The van der Waals surface area contributed by atoms with Crippen molar-refractivity contribution in [1.82, 2.24) is 0 Å². The molecule has 0 radical (unpaired) electrons. The molecule has 0 bridgehead atoms. The summed E-state index contributed by atoms with van der Waals surface area (Å²) in [6.45, 7) is 4.06. The molecule has 28 heavy (non-hydrogen) atoms. The van der Waals surface area contributed by atoms with Gasteiger partial charge < -0.3 is 4.74 Å². The number of halogens is 3. The zero-order valence-electron chi connectivity index (χ0n) is 16.1. The van der Waals surface area contributed by atoms with E-state index in [4.69, 9.17) is 4.74 Å². The van der Waals surface area contributed by atoms with E-state index in [1.54, 1.807) is 42.5 Å². The molecule has 0 unspecified atom stereocenters. The molecule has 3 aromatic carbocycles. The fourth-order valence-corrected chi connectivity index (χ4v) is 3.14. The van der Waals surface area contributed by atoms with Crippen LogP contribution in [0.15, 0.2) is 54.6 Å². The van der Waals surface area contributed by atoms with Crippen molar-refractivity contribution in [1.29, 1.82) is 0 Å². The van der Waals surface area contributed by atoms with Gasteiger partial charge in [-0.25, -0.2) is 13.2 Å². The summed E-state index contributed by atoms with van der Waals surface area (Å²) in [7, 11) is 0. The maximum atomic E-state index is 14.4. The predicted octanol–water partition coefficient (Wildman–Crippen LogP) is 6.86. The minimum absolute atomic E-state index is 0.223. The molecule has 0 aliphatic rings. The summed E-state index contributed by atoms with van der Waals surface area (Å²) >= 11 is 0. The molecule has 0 aliphatic heterocycles. The third-order valence-corrected chi connectivity index (χ3v) is 4.75. The van der Waals surface area contributed by atoms with Gasteiger partial charge in [0.1, 0.15) is 18.2 Å². The number of aryl methyl sites for hydroxylation is 2. The van der Waals surface area contributed by atoms with E-state index in [1.165, 1.54) is 6.07 Å². The van der Waals surface area contributed by atoms with E-state index in [9.17, 15) is 13.2 Å². The Morgan fingerprint density at radius 2 is 1.50 bits per heavy atom. The van der Waals surface area contributed by atoms with Crippen LogP contribution >= 0.6 is 0 Å². The third-order valence-electron chi connectivity index (χ3n) is 4.75. The second kappa shape index (κ2) is 8.96. The fraction of sp³-hybridized carbons (Fsp3) is 0.250. The van der Waals surface area contributed by atoms with E-state index in [-0.39, 0.29) is 18.0 Å². The second-order valence-corrected chi connectivity index (χ2v) is 6.74. The van der Waals surface area contributed by atoms with Crippen LogP contribution in [0.2, 0.25) is 0 Å². The van der Waals surface area contributed by atoms with Crippen molar-refractivity contribution in [3.63, 3.8) is 0 Å². The van der Waals surface area contributed by atoms with E-state index in [2.05, 4.69) is 0 Å². The lowest BCUT2D eigenvalue weighted by molar-refractivity contribution is 0.305. The van der Waals surface area contributed by atoms with Gasteiger partial charge in [0.25, 0.3) is 0 Å². The first-order chi connectivity index (χ1) is 13.5. The SMILES string of the molecule is CCCc1ccc(-c2ccc(OCc3ccc(CC)c(F)c3)cc2)c(F)c1F. The molecule has 0 heterocycles. The van der Waals surface area contributed by atoms with Crippen molar-refractivity contribution in [2.24, 2.45) is 0 Å². The summed E-state index contributed by atoms with van der Waals surface area (Å²) < 4.78 is 48.1. The van der Waals surface area contributed by atoms with Crippen LogP contribution < -0.4 is 4.74 Å². The van der Waals surface area contributed by atoms with Crippen LogP contribution in [0, 0.1) is 17.5 Å². The Hall–Kier alpha value is -2.75. The molecule has 146 valence electrons. The average molecular weight is 384 g/mol. The summed E-state index contributed by atoms with van der Waals surface area (Å²) in [5.41, 5.74) is 2.60. The zero-order valence-corrected chi connectivity index (χ0v) is 16.1. The molecule has 0 saturated heterocycles.